The second-order valence-corrected chi connectivity index (χ2v) is 12.0. The number of ether oxygens (including phenoxy) is 1. The van der Waals surface area contributed by atoms with Crippen LogP contribution in [0, 0.1) is 5.82 Å². The Morgan fingerprint density at radius 2 is 1.98 bits per heavy atom. The van der Waals surface area contributed by atoms with Crippen molar-refractivity contribution in [1.82, 2.24) is 20.5 Å². The first kappa shape index (κ1) is 26.2. The van der Waals surface area contributed by atoms with Crippen LogP contribution >= 0.6 is 11.3 Å². The fourth-order valence-corrected chi connectivity index (χ4v) is 6.38. The van der Waals surface area contributed by atoms with Gasteiger partial charge in [0.1, 0.15) is 22.3 Å². The lowest BCUT2D eigenvalue weighted by atomic mass is 10.0. The molecule has 3 N–H and O–H groups in total. The molecule has 208 valence electrons. The number of urea groups is 1. The summed E-state index contributed by atoms with van der Waals surface area (Å²) < 4.78 is 22.1. The van der Waals surface area contributed by atoms with Crippen LogP contribution in [0.3, 0.4) is 0 Å². The van der Waals surface area contributed by atoms with Crippen LogP contribution in [0.15, 0.2) is 24.3 Å². The van der Waals surface area contributed by atoms with Gasteiger partial charge in [0.2, 0.25) is 11.8 Å². The predicted octanol–water partition coefficient (Wildman–Crippen LogP) is 4.14. The van der Waals surface area contributed by atoms with Gasteiger partial charge in [0, 0.05) is 17.5 Å². The zero-order valence-corrected chi connectivity index (χ0v) is 23.0. The number of nitrogens with one attached hydrogen (secondary N) is 3. The summed E-state index contributed by atoms with van der Waals surface area (Å²) >= 11 is 1.47. The molecule has 40 heavy (non-hydrogen) atoms. The largest absolute Gasteiger partial charge is 0.494 e. The first-order valence-electron chi connectivity index (χ1n) is 13.1. The average Bonchev–Trinajstić information content (AvgIpc) is 3.57. The molecule has 3 aromatic rings. The summed E-state index contributed by atoms with van der Waals surface area (Å²) in [7, 11) is 1.62. The molecule has 3 aliphatic rings. The molecular formula is C28H28FN5O5S. The van der Waals surface area contributed by atoms with Crippen LogP contribution in [0.4, 0.5) is 14.9 Å². The SMILES string of the molecule is COc1cc(C2CC2)cc2sc(C(C)(C)NC(=O)Nc3ccc4c(c3F)CN(C3CCC(=O)NC3=O)C4=O)nc12. The van der Waals surface area contributed by atoms with E-state index >= 15 is 4.39 Å². The van der Waals surface area contributed by atoms with Crippen LogP contribution < -0.4 is 20.7 Å². The number of anilines is 1. The lowest BCUT2D eigenvalue weighted by Crippen LogP contribution is -2.52. The van der Waals surface area contributed by atoms with Crippen molar-refractivity contribution in [2.24, 2.45) is 0 Å². The summed E-state index contributed by atoms with van der Waals surface area (Å²) in [6, 6.07) is 5.43. The molecule has 0 radical (unpaired) electrons. The summed E-state index contributed by atoms with van der Waals surface area (Å²) in [5.41, 5.74) is 1.20. The number of amides is 5. The highest BCUT2D eigenvalue weighted by atomic mass is 32.1. The summed E-state index contributed by atoms with van der Waals surface area (Å²) in [5, 5.41) is 8.32. The molecule has 3 heterocycles. The Balaban J connectivity index is 1.18. The summed E-state index contributed by atoms with van der Waals surface area (Å²) in [4.78, 5) is 55.7. The molecule has 1 saturated carbocycles. The zero-order chi connectivity index (χ0) is 28.3. The molecule has 1 unspecified atom stereocenters. The Hall–Kier alpha value is -4.06. The molecule has 1 aliphatic carbocycles. The monoisotopic (exact) mass is 565 g/mol. The second-order valence-electron chi connectivity index (χ2n) is 10.9. The van der Waals surface area contributed by atoms with E-state index in [1.165, 1.54) is 33.9 Å². The van der Waals surface area contributed by atoms with Gasteiger partial charge >= 0.3 is 6.03 Å². The number of piperidine rings is 1. The number of hydrogen-bond acceptors (Lipinski definition) is 7. The molecule has 0 bridgehead atoms. The maximum Gasteiger partial charge on any atom is 0.320 e. The molecule has 2 fully saturated rings. The van der Waals surface area contributed by atoms with Crippen molar-refractivity contribution in [3.63, 3.8) is 0 Å². The third-order valence-electron chi connectivity index (χ3n) is 7.61. The minimum Gasteiger partial charge on any atom is -0.494 e. The van der Waals surface area contributed by atoms with Crippen LogP contribution in [0.5, 0.6) is 5.75 Å². The van der Waals surface area contributed by atoms with Crippen molar-refractivity contribution < 1.29 is 28.3 Å². The van der Waals surface area contributed by atoms with Crippen molar-refractivity contribution >= 4 is 51.0 Å². The van der Waals surface area contributed by atoms with Crippen LogP contribution in [0.2, 0.25) is 0 Å². The molecule has 2 aliphatic heterocycles. The van der Waals surface area contributed by atoms with Gasteiger partial charge in [-0.25, -0.2) is 14.2 Å². The van der Waals surface area contributed by atoms with Gasteiger partial charge in [-0.05, 0) is 68.9 Å². The van der Waals surface area contributed by atoms with E-state index in [-0.39, 0.29) is 36.2 Å². The van der Waals surface area contributed by atoms with Crippen LogP contribution in [-0.2, 0) is 21.7 Å². The lowest BCUT2D eigenvalue weighted by Gasteiger charge is -2.29. The number of carbonyl (C=O) groups excluding carboxylic acids is 4. The van der Waals surface area contributed by atoms with Crippen molar-refractivity contribution in [3.8, 4) is 5.75 Å². The first-order valence-corrected chi connectivity index (χ1v) is 13.9. The van der Waals surface area contributed by atoms with Crippen LogP contribution in [0.1, 0.15) is 71.9 Å². The highest BCUT2D eigenvalue weighted by molar-refractivity contribution is 7.18. The molecule has 2 aromatic carbocycles. The van der Waals surface area contributed by atoms with E-state index in [9.17, 15) is 19.2 Å². The topological polar surface area (TPSA) is 130 Å². The highest BCUT2D eigenvalue weighted by Gasteiger charge is 2.40. The number of benzene rings is 2. The molecule has 1 atom stereocenters. The number of carbonyl (C=O) groups is 4. The Kier molecular flexibility index (Phi) is 6.25. The highest BCUT2D eigenvalue weighted by Crippen LogP contribution is 2.44. The van der Waals surface area contributed by atoms with Crippen molar-refractivity contribution in [2.45, 2.75) is 63.6 Å². The van der Waals surface area contributed by atoms with Gasteiger partial charge in [-0.1, -0.05) is 0 Å². The van der Waals surface area contributed by atoms with Crippen molar-refractivity contribution in [3.05, 3.63) is 51.8 Å². The van der Waals surface area contributed by atoms with E-state index in [0.29, 0.717) is 16.7 Å². The fraction of sp³-hybridized carbons (Fsp3) is 0.393. The zero-order valence-electron chi connectivity index (χ0n) is 22.2. The second kappa shape index (κ2) is 9.54. The van der Waals surface area contributed by atoms with E-state index in [1.54, 1.807) is 7.11 Å². The molecule has 10 nitrogen and oxygen atoms in total. The van der Waals surface area contributed by atoms with E-state index < -0.39 is 41.2 Å². The maximum absolute atomic E-state index is 15.5. The van der Waals surface area contributed by atoms with E-state index in [2.05, 4.69) is 22.0 Å². The van der Waals surface area contributed by atoms with Gasteiger partial charge in [-0.15, -0.1) is 11.3 Å². The third kappa shape index (κ3) is 4.55. The summed E-state index contributed by atoms with van der Waals surface area (Å²) in [6.07, 6.45) is 2.60. The summed E-state index contributed by atoms with van der Waals surface area (Å²) in [6.45, 7) is 3.49. The molecule has 12 heteroatoms. The van der Waals surface area contributed by atoms with E-state index in [4.69, 9.17) is 9.72 Å². The van der Waals surface area contributed by atoms with Gasteiger partial charge in [0.25, 0.3) is 5.91 Å². The van der Waals surface area contributed by atoms with E-state index in [1.807, 2.05) is 19.9 Å². The quantitative estimate of drug-likeness (QED) is 0.385. The number of aromatic nitrogens is 1. The Bertz CT molecular complexity index is 1600. The molecule has 5 amide bonds. The number of imide groups is 1. The van der Waals surface area contributed by atoms with E-state index in [0.717, 1.165) is 23.1 Å². The smallest absolute Gasteiger partial charge is 0.320 e. The standard InChI is InChI=1S/C28H28FN5O5S/c1-28(2,26-32-23-19(39-3)10-14(13-4-5-13)11-20(23)40-26)33-27(38)30-17-7-6-15-16(22(17)29)12-34(25(15)37)18-8-9-21(35)31-24(18)36/h6-7,10-11,13,18H,4-5,8-9,12H2,1-3H3,(H2,30,33,38)(H,31,35,36). The molecule has 0 spiro atoms. The van der Waals surface area contributed by atoms with Gasteiger partial charge in [-0.3, -0.25) is 19.7 Å². The minimum absolute atomic E-state index is 0.0926. The normalized spacial score (nSPS) is 19.1. The number of fused-ring (bicyclic) bond motifs is 2. The van der Waals surface area contributed by atoms with Crippen LogP contribution in [0.25, 0.3) is 10.2 Å². The third-order valence-corrected chi connectivity index (χ3v) is 8.94. The molecule has 1 aromatic heterocycles. The van der Waals surface area contributed by atoms with Crippen LogP contribution in [-0.4, -0.2) is 46.8 Å². The van der Waals surface area contributed by atoms with Crippen molar-refractivity contribution in [2.75, 3.05) is 12.4 Å². The lowest BCUT2D eigenvalue weighted by molar-refractivity contribution is -0.136. The number of nitrogens with zero attached hydrogens (tertiary/aromatic N) is 2. The van der Waals surface area contributed by atoms with Gasteiger partial charge in [0.05, 0.1) is 29.6 Å². The molecular weight excluding hydrogens is 537 g/mol. The minimum atomic E-state index is -0.885. The average molecular weight is 566 g/mol. The van der Waals surface area contributed by atoms with Gasteiger partial charge in [0.15, 0.2) is 5.82 Å². The van der Waals surface area contributed by atoms with Gasteiger partial charge in [-0.2, -0.15) is 0 Å². The maximum atomic E-state index is 15.5. The molecule has 1 saturated heterocycles. The number of hydrogen-bond donors (Lipinski definition) is 3. The number of methoxy groups -OCH3 is 1. The van der Waals surface area contributed by atoms with Gasteiger partial charge < -0.3 is 20.3 Å². The number of halogens is 1. The summed E-state index contributed by atoms with van der Waals surface area (Å²) in [5.74, 6) is -0.959. The Morgan fingerprint density at radius 3 is 2.67 bits per heavy atom. The first-order chi connectivity index (χ1) is 19.1. The van der Waals surface area contributed by atoms with Crippen molar-refractivity contribution in [1.29, 1.82) is 0 Å². The Labute approximate surface area is 233 Å². The number of rotatable bonds is 6. The number of thiazole rings is 1. The fourth-order valence-electron chi connectivity index (χ4n) is 5.29. The Morgan fingerprint density at radius 1 is 1.20 bits per heavy atom. The predicted molar refractivity (Wildman–Crippen MR) is 146 cm³/mol. The molecule has 6 rings (SSSR count).